The lowest BCUT2D eigenvalue weighted by atomic mass is 10.4. The molecule has 0 fully saturated rings. The molecule has 20 heavy (non-hydrogen) atoms. The molecule has 1 heterocycles. The number of carbonyl (C=O) groups excluding carboxylic acids is 1. The smallest absolute Gasteiger partial charge is 0.236 e. The van der Waals surface area contributed by atoms with Crippen LogP contribution in [-0.4, -0.2) is 56.6 Å². The summed E-state index contributed by atoms with van der Waals surface area (Å²) in [5.41, 5.74) is 0. The van der Waals surface area contributed by atoms with Gasteiger partial charge in [0.1, 0.15) is 0 Å². The third kappa shape index (κ3) is 4.35. The lowest BCUT2D eigenvalue weighted by Gasteiger charge is -2.18. The van der Waals surface area contributed by atoms with Crippen LogP contribution in [-0.2, 0) is 11.3 Å². The van der Waals surface area contributed by atoms with Gasteiger partial charge in [0.25, 0.3) is 0 Å². The standard InChI is InChI=1S/C13H24N4O2S/c1-6-17(7-2)11(18)9-14-8-10-12(19-5)15-13(20-10)16(3)4/h14H,6-9H2,1-5H3. The van der Waals surface area contributed by atoms with E-state index in [1.165, 1.54) is 0 Å². The summed E-state index contributed by atoms with van der Waals surface area (Å²) in [6.07, 6.45) is 0. The number of carbonyl (C=O) groups is 1. The molecule has 0 aromatic carbocycles. The van der Waals surface area contributed by atoms with Crippen LogP contribution in [0.5, 0.6) is 5.88 Å². The van der Waals surface area contributed by atoms with Crippen LogP contribution in [0, 0.1) is 0 Å². The van der Waals surface area contributed by atoms with Gasteiger partial charge in [-0.3, -0.25) is 4.79 Å². The quantitative estimate of drug-likeness (QED) is 0.781. The topological polar surface area (TPSA) is 57.7 Å². The molecule has 0 saturated heterocycles. The summed E-state index contributed by atoms with van der Waals surface area (Å²) >= 11 is 1.57. The van der Waals surface area contributed by atoms with Gasteiger partial charge in [-0.1, -0.05) is 11.3 Å². The van der Waals surface area contributed by atoms with E-state index in [2.05, 4.69) is 10.3 Å². The van der Waals surface area contributed by atoms with Crippen LogP contribution in [0.3, 0.4) is 0 Å². The summed E-state index contributed by atoms with van der Waals surface area (Å²) in [4.78, 5) is 21.0. The average Bonchev–Trinajstić information content (AvgIpc) is 2.83. The van der Waals surface area contributed by atoms with E-state index in [1.807, 2.05) is 37.7 Å². The van der Waals surface area contributed by atoms with Crippen molar-refractivity contribution in [2.75, 3.05) is 45.7 Å². The second-order valence-corrected chi connectivity index (χ2v) is 5.55. The number of nitrogens with one attached hydrogen (secondary N) is 1. The maximum atomic E-state index is 11.9. The van der Waals surface area contributed by atoms with E-state index in [-0.39, 0.29) is 5.91 Å². The first kappa shape index (κ1) is 16.7. The summed E-state index contributed by atoms with van der Waals surface area (Å²) in [7, 11) is 5.50. The molecule has 1 aromatic rings. The van der Waals surface area contributed by atoms with Gasteiger partial charge < -0.3 is 19.9 Å². The normalized spacial score (nSPS) is 10.4. The predicted molar refractivity (Wildman–Crippen MR) is 82.6 cm³/mol. The molecule has 0 spiro atoms. The first-order chi connectivity index (χ1) is 9.53. The lowest BCUT2D eigenvalue weighted by Crippen LogP contribution is -2.37. The molecular weight excluding hydrogens is 276 g/mol. The van der Waals surface area contributed by atoms with Crippen LogP contribution in [0.1, 0.15) is 18.7 Å². The highest BCUT2D eigenvalue weighted by Gasteiger charge is 2.14. The van der Waals surface area contributed by atoms with E-state index in [4.69, 9.17) is 4.74 Å². The Labute approximate surface area is 124 Å². The highest BCUT2D eigenvalue weighted by Crippen LogP contribution is 2.30. The van der Waals surface area contributed by atoms with Gasteiger partial charge in [-0.2, -0.15) is 4.98 Å². The second-order valence-electron chi connectivity index (χ2n) is 4.49. The van der Waals surface area contributed by atoms with Gasteiger partial charge in [-0.15, -0.1) is 0 Å². The Hall–Kier alpha value is -1.34. The molecule has 1 aromatic heterocycles. The van der Waals surface area contributed by atoms with Crippen molar-refractivity contribution in [1.29, 1.82) is 0 Å². The number of anilines is 1. The Kier molecular flexibility index (Phi) is 6.74. The van der Waals surface area contributed by atoms with Crippen LogP contribution in [0.4, 0.5) is 5.13 Å². The van der Waals surface area contributed by atoms with Gasteiger partial charge in [-0.05, 0) is 13.8 Å². The molecule has 114 valence electrons. The molecule has 7 heteroatoms. The highest BCUT2D eigenvalue weighted by molar-refractivity contribution is 7.15. The van der Waals surface area contributed by atoms with Crippen LogP contribution >= 0.6 is 11.3 Å². The fraction of sp³-hybridized carbons (Fsp3) is 0.692. The van der Waals surface area contributed by atoms with Crippen molar-refractivity contribution in [3.63, 3.8) is 0 Å². The van der Waals surface area contributed by atoms with Crippen molar-refractivity contribution in [1.82, 2.24) is 15.2 Å². The third-order valence-corrected chi connectivity index (χ3v) is 4.11. The molecule has 0 saturated carbocycles. The monoisotopic (exact) mass is 300 g/mol. The molecule has 6 nitrogen and oxygen atoms in total. The number of amides is 1. The number of aromatic nitrogens is 1. The lowest BCUT2D eigenvalue weighted by molar-refractivity contribution is -0.129. The molecule has 0 aliphatic heterocycles. The Balaban J connectivity index is 2.55. The maximum absolute atomic E-state index is 11.9. The average molecular weight is 300 g/mol. The predicted octanol–water partition coefficient (Wildman–Crippen LogP) is 1.18. The molecule has 0 aliphatic carbocycles. The molecule has 1 rings (SSSR count). The summed E-state index contributed by atoms with van der Waals surface area (Å²) in [6.45, 7) is 6.37. The first-order valence-electron chi connectivity index (χ1n) is 6.72. The highest BCUT2D eigenvalue weighted by atomic mass is 32.1. The van der Waals surface area contributed by atoms with Gasteiger partial charge in [0, 0.05) is 33.7 Å². The number of ether oxygens (including phenoxy) is 1. The van der Waals surface area contributed by atoms with Gasteiger partial charge >= 0.3 is 0 Å². The molecule has 0 atom stereocenters. The minimum atomic E-state index is 0.117. The van der Waals surface area contributed by atoms with Crippen LogP contribution < -0.4 is 15.0 Å². The van der Waals surface area contributed by atoms with Crippen LogP contribution in [0.25, 0.3) is 0 Å². The van der Waals surface area contributed by atoms with Crippen molar-refractivity contribution in [2.45, 2.75) is 20.4 Å². The zero-order valence-electron chi connectivity index (χ0n) is 12.9. The van der Waals surface area contributed by atoms with Crippen molar-refractivity contribution >= 4 is 22.4 Å². The summed E-state index contributed by atoms with van der Waals surface area (Å²) in [5.74, 6) is 0.743. The van der Waals surface area contributed by atoms with E-state index < -0.39 is 0 Å². The SMILES string of the molecule is CCN(CC)C(=O)CNCc1sc(N(C)C)nc1OC. The summed E-state index contributed by atoms with van der Waals surface area (Å²) in [6, 6.07) is 0. The number of rotatable bonds is 8. The zero-order valence-corrected chi connectivity index (χ0v) is 13.7. The fourth-order valence-corrected chi connectivity index (χ4v) is 2.68. The summed E-state index contributed by atoms with van der Waals surface area (Å²) < 4.78 is 5.26. The van der Waals surface area contributed by atoms with Crippen LogP contribution in [0.15, 0.2) is 0 Å². The maximum Gasteiger partial charge on any atom is 0.236 e. The molecule has 0 bridgehead atoms. The first-order valence-corrected chi connectivity index (χ1v) is 7.54. The number of hydrogen-bond acceptors (Lipinski definition) is 6. The van der Waals surface area contributed by atoms with Crippen molar-refractivity contribution in [3.8, 4) is 5.88 Å². The van der Waals surface area contributed by atoms with Gasteiger partial charge in [0.15, 0.2) is 5.13 Å². The molecular formula is C13H24N4O2S. The van der Waals surface area contributed by atoms with E-state index >= 15 is 0 Å². The van der Waals surface area contributed by atoms with Gasteiger partial charge in [0.05, 0.1) is 18.5 Å². The number of methoxy groups -OCH3 is 1. The molecule has 0 aliphatic rings. The van der Waals surface area contributed by atoms with E-state index in [9.17, 15) is 4.79 Å². The van der Waals surface area contributed by atoms with E-state index in [1.54, 1.807) is 18.4 Å². The minimum absolute atomic E-state index is 0.117. The third-order valence-electron chi connectivity index (χ3n) is 2.90. The number of thiazole rings is 1. The molecule has 0 unspecified atom stereocenters. The van der Waals surface area contributed by atoms with Crippen molar-refractivity contribution in [2.24, 2.45) is 0 Å². The summed E-state index contributed by atoms with van der Waals surface area (Å²) in [5, 5.41) is 4.06. The number of hydrogen-bond donors (Lipinski definition) is 1. The van der Waals surface area contributed by atoms with Gasteiger partial charge in [-0.25, -0.2) is 0 Å². The number of likely N-dealkylation sites (N-methyl/N-ethyl adjacent to an activating group) is 1. The second kappa shape index (κ2) is 8.06. The van der Waals surface area contributed by atoms with Crippen molar-refractivity contribution in [3.05, 3.63) is 4.88 Å². The van der Waals surface area contributed by atoms with Crippen molar-refractivity contribution < 1.29 is 9.53 Å². The Morgan fingerprint density at radius 1 is 1.35 bits per heavy atom. The molecule has 1 N–H and O–H groups in total. The van der Waals surface area contributed by atoms with Gasteiger partial charge in [0.2, 0.25) is 11.8 Å². The molecule has 0 radical (unpaired) electrons. The zero-order chi connectivity index (χ0) is 15.1. The van der Waals surface area contributed by atoms with E-state index in [0.717, 1.165) is 23.1 Å². The largest absolute Gasteiger partial charge is 0.480 e. The molecule has 1 amide bonds. The Bertz CT molecular complexity index is 430. The van der Waals surface area contributed by atoms with E-state index in [0.29, 0.717) is 19.0 Å². The van der Waals surface area contributed by atoms with Crippen LogP contribution in [0.2, 0.25) is 0 Å². The minimum Gasteiger partial charge on any atom is -0.480 e. The number of nitrogens with zero attached hydrogens (tertiary/aromatic N) is 3. The fourth-order valence-electron chi connectivity index (χ4n) is 1.76. The Morgan fingerprint density at radius 3 is 2.50 bits per heavy atom. The Morgan fingerprint density at radius 2 is 2.00 bits per heavy atom.